The Kier molecular flexibility index (Phi) is 10.4. The Bertz CT molecular complexity index is 4960. The summed E-state index contributed by atoms with van der Waals surface area (Å²) in [6.45, 7) is 4.11. The molecular formula is C80H54B2N6. The molecule has 0 spiro atoms. The first-order valence-electron chi connectivity index (χ1n) is 30.6. The van der Waals surface area contributed by atoms with E-state index in [1.807, 2.05) is 0 Å². The normalized spacial score (nSPS) is 13.4. The predicted molar refractivity (Wildman–Crippen MR) is 373 cm³/mol. The molecule has 19 rings (SSSR count). The molecule has 88 heavy (non-hydrogen) atoms. The Morgan fingerprint density at radius 2 is 0.511 bits per heavy atom. The average Bonchev–Trinajstić information content (AvgIpc) is 2.49. The lowest BCUT2D eigenvalue weighted by atomic mass is 9.30. The summed E-state index contributed by atoms with van der Waals surface area (Å²) in [4.78, 5) is 10.3. The van der Waals surface area contributed by atoms with E-state index in [0.29, 0.717) is 0 Å². The van der Waals surface area contributed by atoms with Crippen molar-refractivity contribution in [1.82, 2.24) is 9.13 Å². The number of benzene rings is 13. The molecule has 0 N–H and O–H groups in total. The van der Waals surface area contributed by atoms with Crippen LogP contribution in [-0.2, 0) is 0 Å². The van der Waals surface area contributed by atoms with Crippen LogP contribution in [0.3, 0.4) is 0 Å². The third kappa shape index (κ3) is 6.91. The van der Waals surface area contributed by atoms with E-state index in [0.717, 1.165) is 68.2 Å². The number of para-hydroxylation sites is 8. The smallest absolute Gasteiger partial charge is 0.252 e. The fourth-order valence-electron chi connectivity index (χ4n) is 15.7. The highest BCUT2D eigenvalue weighted by molar-refractivity contribution is 7.03. The quantitative estimate of drug-likeness (QED) is 0.155. The summed E-state index contributed by atoms with van der Waals surface area (Å²) >= 11 is 0. The van der Waals surface area contributed by atoms with Gasteiger partial charge in [-0.3, -0.25) is 0 Å². The molecule has 0 atom stereocenters. The van der Waals surface area contributed by atoms with Gasteiger partial charge >= 0.3 is 0 Å². The van der Waals surface area contributed by atoms with E-state index in [1.165, 1.54) is 98.9 Å². The molecule has 0 saturated carbocycles. The highest BCUT2D eigenvalue weighted by Crippen LogP contribution is 2.51. The molecule has 6 heterocycles. The Labute approximate surface area is 511 Å². The molecule has 0 amide bonds. The summed E-state index contributed by atoms with van der Waals surface area (Å²) in [5, 5.41) is 4.93. The van der Waals surface area contributed by atoms with Crippen LogP contribution < -0.4 is 52.4 Å². The summed E-state index contributed by atoms with van der Waals surface area (Å²) in [7, 11) is 0. The molecule has 4 aliphatic rings. The lowest BCUT2D eigenvalue weighted by Crippen LogP contribution is -2.65. The largest absolute Gasteiger partial charge is 0.311 e. The number of anilines is 12. The van der Waals surface area contributed by atoms with Gasteiger partial charge < -0.3 is 28.7 Å². The van der Waals surface area contributed by atoms with Crippen LogP contribution in [0.15, 0.2) is 291 Å². The number of nitrogens with zero attached hydrogens (tertiary/aromatic N) is 6. The topological polar surface area (TPSA) is 22.8 Å². The zero-order valence-corrected chi connectivity index (χ0v) is 48.6. The fourth-order valence-corrected chi connectivity index (χ4v) is 15.7. The molecule has 15 aromatic rings. The van der Waals surface area contributed by atoms with Gasteiger partial charge in [-0.25, -0.2) is 0 Å². The summed E-state index contributed by atoms with van der Waals surface area (Å²) in [6, 6.07) is 110. The van der Waals surface area contributed by atoms with Crippen molar-refractivity contribution in [2.75, 3.05) is 19.6 Å². The molecule has 6 nitrogen and oxygen atoms in total. The first-order chi connectivity index (χ1) is 43.5. The molecule has 2 aromatic heterocycles. The van der Waals surface area contributed by atoms with Crippen molar-refractivity contribution < 1.29 is 0 Å². The minimum atomic E-state index is -0.138. The number of fused-ring (bicyclic) bond motifs is 14. The third-order valence-corrected chi connectivity index (χ3v) is 19.3. The first-order valence-corrected chi connectivity index (χ1v) is 30.6. The lowest BCUT2D eigenvalue weighted by Gasteiger charge is -2.47. The van der Waals surface area contributed by atoms with Gasteiger partial charge in [0, 0.05) is 89.8 Å². The Balaban J connectivity index is 0.955. The molecule has 13 aromatic carbocycles. The van der Waals surface area contributed by atoms with Gasteiger partial charge in [-0.1, -0.05) is 187 Å². The van der Waals surface area contributed by atoms with E-state index in [2.05, 4.69) is 334 Å². The Morgan fingerprint density at radius 3 is 0.875 bits per heavy atom. The highest BCUT2D eigenvalue weighted by atomic mass is 15.2. The molecule has 8 heteroatoms. The molecule has 4 aliphatic heterocycles. The zero-order chi connectivity index (χ0) is 57.9. The van der Waals surface area contributed by atoms with Crippen LogP contribution in [0.2, 0.25) is 0 Å². The van der Waals surface area contributed by atoms with Gasteiger partial charge in [-0.15, -0.1) is 0 Å². The molecule has 0 unspecified atom stereocenters. The highest BCUT2D eigenvalue weighted by Gasteiger charge is 2.49. The van der Waals surface area contributed by atoms with Gasteiger partial charge in [-0.05, 0) is 162 Å². The maximum absolute atomic E-state index is 2.65. The summed E-state index contributed by atoms with van der Waals surface area (Å²) in [5.74, 6) is 0. The number of rotatable bonds is 6. The minimum Gasteiger partial charge on any atom is -0.311 e. The van der Waals surface area contributed by atoms with E-state index < -0.39 is 0 Å². The minimum absolute atomic E-state index is 0.138. The molecular weight excluding hydrogens is 1070 g/mol. The van der Waals surface area contributed by atoms with E-state index in [4.69, 9.17) is 0 Å². The van der Waals surface area contributed by atoms with Crippen molar-refractivity contribution in [2.45, 2.75) is 13.8 Å². The summed E-state index contributed by atoms with van der Waals surface area (Å²) in [6.07, 6.45) is 0. The van der Waals surface area contributed by atoms with E-state index in [1.54, 1.807) is 0 Å². The second-order valence-corrected chi connectivity index (χ2v) is 24.2. The lowest BCUT2D eigenvalue weighted by molar-refractivity contribution is 1.16. The fraction of sp³-hybridized carbons (Fsp3) is 0.0250. The van der Waals surface area contributed by atoms with Gasteiger partial charge in [0.2, 0.25) is 0 Å². The summed E-state index contributed by atoms with van der Waals surface area (Å²) < 4.78 is 4.99. The van der Waals surface area contributed by atoms with Crippen molar-refractivity contribution in [2.24, 2.45) is 0 Å². The van der Waals surface area contributed by atoms with Crippen molar-refractivity contribution >= 4 is 158 Å². The molecule has 0 saturated heterocycles. The van der Waals surface area contributed by atoms with Gasteiger partial charge in [0.25, 0.3) is 13.4 Å². The second kappa shape index (κ2) is 18.6. The Morgan fingerprint density at radius 1 is 0.216 bits per heavy atom. The van der Waals surface area contributed by atoms with Crippen LogP contribution >= 0.6 is 0 Å². The van der Waals surface area contributed by atoms with Crippen LogP contribution in [0, 0.1) is 13.8 Å². The maximum atomic E-state index is 2.65. The van der Waals surface area contributed by atoms with Crippen LogP contribution in [0.1, 0.15) is 11.1 Å². The first kappa shape index (κ1) is 49.1. The molecule has 0 fully saturated rings. The Hall–Kier alpha value is -11.2. The van der Waals surface area contributed by atoms with Crippen molar-refractivity contribution in [3.8, 4) is 11.4 Å². The SMILES string of the molecule is Cc1ccc(N2c3cc4c(cc3B3c5ccccc5N(c5ccccc5)c5cc(-n6c7ccccc7c7ccccc76)cc2c53)B2c3ccccc3N(c3ccccc3)c3cc(-n5c6ccccc6c6ccccc65)cc(c32)N4c2ccc(C)cc2)cc1. The van der Waals surface area contributed by atoms with Gasteiger partial charge in [0.05, 0.1) is 33.4 Å². The molecule has 0 bridgehead atoms. The van der Waals surface area contributed by atoms with Gasteiger partial charge in [-0.2, -0.15) is 0 Å². The zero-order valence-electron chi connectivity index (χ0n) is 48.6. The summed E-state index contributed by atoms with van der Waals surface area (Å²) in [5.41, 5.74) is 30.7. The number of aromatic nitrogens is 2. The monoisotopic (exact) mass is 1120 g/mol. The predicted octanol–water partition coefficient (Wildman–Crippen LogP) is 16.7. The maximum Gasteiger partial charge on any atom is 0.252 e. The van der Waals surface area contributed by atoms with Crippen LogP contribution in [-0.4, -0.2) is 22.6 Å². The van der Waals surface area contributed by atoms with E-state index >= 15 is 0 Å². The number of aryl methyl sites for hydroxylation is 2. The molecule has 410 valence electrons. The second-order valence-electron chi connectivity index (χ2n) is 24.2. The average molecular weight is 1120 g/mol. The molecule has 0 radical (unpaired) electrons. The third-order valence-electron chi connectivity index (χ3n) is 19.3. The van der Waals surface area contributed by atoms with E-state index in [9.17, 15) is 0 Å². The standard InChI is InChI=1S/C80H54B2N6/c1-51-37-41-55(42-38-51)85-73-50-74-66(49-65(73)81-63-29-13-19-35-71(63)83(53-21-5-3-6-22-53)75-45-57(47-77(85)79(75)81)87-67-31-15-9-25-59(67)60-26-10-16-32-68(60)87)82-64-30-14-20-36-72(64)84(54-23-7-4-8-24-54)76-46-58(48-78(80(76)82)86(74)56-43-39-52(2)40-44-56)88-69-33-17-11-27-61(69)62-28-12-18-34-70(62)88/h3-50H,1-2H3. The van der Waals surface area contributed by atoms with Crippen LogP contribution in [0.5, 0.6) is 0 Å². The van der Waals surface area contributed by atoms with Crippen LogP contribution in [0.4, 0.5) is 68.2 Å². The van der Waals surface area contributed by atoms with Gasteiger partial charge in [0.15, 0.2) is 0 Å². The van der Waals surface area contributed by atoms with Crippen molar-refractivity contribution in [3.05, 3.63) is 302 Å². The number of hydrogen-bond donors (Lipinski definition) is 0. The van der Waals surface area contributed by atoms with Crippen LogP contribution in [0.25, 0.3) is 55.0 Å². The van der Waals surface area contributed by atoms with Crippen molar-refractivity contribution in [3.63, 3.8) is 0 Å². The van der Waals surface area contributed by atoms with Gasteiger partial charge in [0.1, 0.15) is 0 Å². The number of hydrogen-bond acceptors (Lipinski definition) is 4. The van der Waals surface area contributed by atoms with E-state index in [-0.39, 0.29) is 13.4 Å². The van der Waals surface area contributed by atoms with Crippen molar-refractivity contribution in [1.29, 1.82) is 0 Å². The molecule has 0 aliphatic carbocycles.